The molecule has 0 aliphatic carbocycles. The zero-order valence-corrected chi connectivity index (χ0v) is 28.4. The van der Waals surface area contributed by atoms with Crippen LogP contribution in [0.3, 0.4) is 0 Å². The molecule has 0 bridgehead atoms. The van der Waals surface area contributed by atoms with Crippen molar-refractivity contribution in [3.8, 4) is 28.7 Å². The van der Waals surface area contributed by atoms with Crippen LogP contribution in [-0.4, -0.2) is 24.5 Å². The van der Waals surface area contributed by atoms with Crippen molar-refractivity contribution in [1.82, 2.24) is 4.57 Å². The van der Waals surface area contributed by atoms with E-state index in [2.05, 4.69) is 0 Å². The summed E-state index contributed by atoms with van der Waals surface area (Å²) in [5.41, 5.74) is -3.90. The summed E-state index contributed by atoms with van der Waals surface area (Å²) in [5, 5.41) is -1.71. The van der Waals surface area contributed by atoms with E-state index >= 15 is 0 Å². The van der Waals surface area contributed by atoms with Crippen molar-refractivity contribution in [2.75, 3.05) is 0 Å². The Hall–Kier alpha value is -6.23. The standard InChI is InChI=1S/C48H32BGeNO2/c1-4-16-33(17-5-1)50(34-18-6-2-7-19-34,35-20-8-3-9-21-35)36-28-29-43-39(30-36)38-22-10-13-25-42(38)51(43)37-31-46-48-47(32-37)53-45-27-15-12-24-41(45)49(48)40-23-11-14-26-44(40)52-46/h1-32H/i1D,2D,3D,4D,5D,6D,7D,8D,9D,10D,11D,12D,13D,14D,15D,16D,17D,18D,19D,20D,21D,22D,23D,24D,25D,26D,27D,28D,29D,30D,31D,32D. The van der Waals surface area contributed by atoms with E-state index in [4.69, 9.17) is 35.5 Å². The van der Waals surface area contributed by atoms with Crippen LogP contribution in [0.1, 0.15) is 43.9 Å². The monoisotopic (exact) mass is 771 g/mol. The molecule has 0 amide bonds. The maximum absolute atomic E-state index is 10.5. The van der Waals surface area contributed by atoms with E-state index < -0.39 is 298 Å². The van der Waals surface area contributed by atoms with Crippen molar-refractivity contribution in [2.24, 2.45) is 0 Å². The van der Waals surface area contributed by atoms with Crippen LogP contribution < -0.4 is 43.4 Å². The molecule has 3 nitrogen and oxygen atoms in total. The Balaban J connectivity index is 1.43. The fourth-order valence-corrected chi connectivity index (χ4v) is 14.3. The van der Waals surface area contributed by atoms with Gasteiger partial charge in [-0.05, 0) is 0 Å². The van der Waals surface area contributed by atoms with Crippen LogP contribution in [0.15, 0.2) is 193 Å². The minimum absolute atomic E-state index is 0.416. The molecule has 3 heterocycles. The van der Waals surface area contributed by atoms with E-state index in [0.717, 1.165) is 0 Å². The number of nitrogens with zero attached hydrogens (tertiary/aromatic N) is 1. The molecule has 0 saturated heterocycles. The predicted molar refractivity (Wildman–Crippen MR) is 222 cm³/mol. The van der Waals surface area contributed by atoms with Gasteiger partial charge in [-0.25, -0.2) is 0 Å². The van der Waals surface area contributed by atoms with Crippen LogP contribution in [0, 0.1) is 0 Å². The van der Waals surface area contributed by atoms with Gasteiger partial charge in [-0.15, -0.1) is 0 Å². The van der Waals surface area contributed by atoms with Crippen molar-refractivity contribution < 1.29 is 53.3 Å². The number of fused-ring (bicyclic) bond motifs is 7. The first-order valence-corrected chi connectivity index (χ1v) is 19.8. The summed E-state index contributed by atoms with van der Waals surface area (Å²) in [6.07, 6.45) is 0. The average molecular weight is 770 g/mol. The van der Waals surface area contributed by atoms with Crippen molar-refractivity contribution in [3.63, 3.8) is 0 Å². The van der Waals surface area contributed by atoms with Crippen LogP contribution >= 0.6 is 0 Å². The normalized spacial score (nSPS) is 21.2. The Morgan fingerprint density at radius 2 is 0.887 bits per heavy atom. The Morgan fingerprint density at radius 1 is 0.415 bits per heavy atom. The van der Waals surface area contributed by atoms with Crippen LogP contribution in [0.25, 0.3) is 27.5 Å². The maximum atomic E-state index is 10.5. The third-order valence-electron chi connectivity index (χ3n) is 8.97. The molecule has 248 valence electrons. The molecule has 0 saturated carbocycles. The number of benzene rings is 8. The summed E-state index contributed by atoms with van der Waals surface area (Å²) < 4.78 is 303. The van der Waals surface area contributed by atoms with Crippen molar-refractivity contribution >= 4 is 75.8 Å². The molecular formula is C48H32BGeNO2. The molecule has 0 fully saturated rings. The molecule has 0 atom stereocenters. The van der Waals surface area contributed by atoms with Gasteiger partial charge in [-0.1, -0.05) is 12.1 Å². The first-order chi connectivity index (χ1) is 39.6. The molecular weight excluding hydrogens is 706 g/mol. The van der Waals surface area contributed by atoms with E-state index in [0.29, 0.717) is 4.57 Å². The van der Waals surface area contributed by atoms with Crippen LogP contribution in [0.2, 0.25) is 0 Å². The van der Waals surface area contributed by atoms with Crippen molar-refractivity contribution in [3.05, 3.63) is 193 Å². The molecule has 2 aliphatic heterocycles. The summed E-state index contributed by atoms with van der Waals surface area (Å²) in [6.45, 7) is -1.74. The SMILES string of the molecule is [2H]c1c([2H])c([2H])[c]([Ge]([c]2c([2H])c([2H])c([2H])c([2H])c2[2H])([c]2c([2H])c([2H])c([2H])c([2H])c2[2H])[c]2c([2H])c([2H])c3c(c2[2H])c2c([2H])c([2H])c([2H])c([2H])c2n3-c2c([2H])c3c4c(c2[2H])Oc2c([2H])c([2H])c([2H])c([2H])c2B4c2c([2H])c([2H])c([2H])c([2H])c2O3)c([2H])c1[2H]. The van der Waals surface area contributed by atoms with Gasteiger partial charge in [0.05, 0.1) is 8.22 Å². The summed E-state index contributed by atoms with van der Waals surface area (Å²) in [4.78, 5) is 0. The van der Waals surface area contributed by atoms with Crippen LogP contribution in [-0.2, 0) is 0 Å². The molecule has 9 aromatic rings. The topological polar surface area (TPSA) is 23.4 Å². The minimum atomic E-state index is -7.42. The third kappa shape index (κ3) is 4.49. The second-order valence-electron chi connectivity index (χ2n) is 11.6. The van der Waals surface area contributed by atoms with Gasteiger partial charge in [-0.2, -0.15) is 0 Å². The number of hydrogen-bond acceptors (Lipinski definition) is 2. The van der Waals surface area contributed by atoms with E-state index in [1.165, 1.54) is 0 Å². The second-order valence-corrected chi connectivity index (χ2v) is 18.9. The van der Waals surface area contributed by atoms with Crippen LogP contribution in [0.4, 0.5) is 0 Å². The molecule has 5 heteroatoms. The zero-order chi connectivity index (χ0) is 62.8. The molecule has 0 unspecified atom stereocenters. The second kappa shape index (κ2) is 11.9. The fraction of sp³-hybridized carbons (Fsp3) is 0. The van der Waals surface area contributed by atoms with Crippen LogP contribution in [0.5, 0.6) is 23.0 Å². The molecule has 11 rings (SSSR count). The van der Waals surface area contributed by atoms with Crippen molar-refractivity contribution in [2.45, 2.75) is 0 Å². The number of aromatic nitrogens is 1. The molecule has 2 aliphatic rings. The van der Waals surface area contributed by atoms with E-state index in [-0.39, 0.29) is 0 Å². The van der Waals surface area contributed by atoms with Gasteiger partial charge < -0.3 is 0 Å². The molecule has 0 N–H and O–H groups in total. The van der Waals surface area contributed by atoms with E-state index in [1.54, 1.807) is 0 Å². The summed E-state index contributed by atoms with van der Waals surface area (Å²) in [7, 11) is 0. The van der Waals surface area contributed by atoms with Gasteiger partial charge in [-0.3, -0.25) is 0 Å². The van der Waals surface area contributed by atoms with E-state index in [9.17, 15) is 17.8 Å². The van der Waals surface area contributed by atoms with E-state index in [1.807, 2.05) is 0 Å². The van der Waals surface area contributed by atoms with Gasteiger partial charge in [0.1, 0.15) is 0 Å². The number of hydrogen-bond donors (Lipinski definition) is 0. The molecule has 0 spiro atoms. The van der Waals surface area contributed by atoms with Gasteiger partial charge >= 0.3 is 335 Å². The number of rotatable bonds is 5. The van der Waals surface area contributed by atoms with Gasteiger partial charge in [0.25, 0.3) is 0 Å². The Bertz CT molecular complexity index is 4360. The predicted octanol–water partition coefficient (Wildman–Crippen LogP) is 6.89. The van der Waals surface area contributed by atoms with Gasteiger partial charge in [0, 0.05) is 0 Å². The zero-order valence-electron chi connectivity index (χ0n) is 58.3. The molecule has 1 aromatic heterocycles. The molecule has 0 radical (unpaired) electrons. The Kier molecular flexibility index (Phi) is 2.79. The first-order valence-electron chi connectivity index (χ1n) is 31.6. The molecule has 8 aromatic carbocycles. The number of ether oxygens (including phenoxy) is 2. The number of para-hydroxylation sites is 3. The summed E-state index contributed by atoms with van der Waals surface area (Å²) >= 11 is -7.42. The van der Waals surface area contributed by atoms with Gasteiger partial charge in [0.15, 0.2) is 0 Å². The Labute approximate surface area is 356 Å². The molecule has 53 heavy (non-hydrogen) atoms. The fourth-order valence-electron chi connectivity index (χ4n) is 6.83. The van der Waals surface area contributed by atoms with Gasteiger partial charge in [0.2, 0.25) is 0 Å². The summed E-state index contributed by atoms with van der Waals surface area (Å²) in [5.74, 6) is -2.84. The quantitative estimate of drug-likeness (QED) is 0.178. The van der Waals surface area contributed by atoms with Crippen molar-refractivity contribution in [1.29, 1.82) is 0 Å². The summed E-state index contributed by atoms with van der Waals surface area (Å²) in [6, 6.07) is -35.0. The first kappa shape index (κ1) is 12.4. The Morgan fingerprint density at radius 3 is 1.45 bits per heavy atom. The average Bonchev–Trinajstić information content (AvgIpc) is 1.65. The third-order valence-corrected chi connectivity index (χ3v) is 17.4.